The van der Waals surface area contributed by atoms with Gasteiger partial charge in [0.25, 0.3) is 5.91 Å². The van der Waals surface area contributed by atoms with E-state index in [1.165, 1.54) is 17.7 Å². The molecule has 1 aliphatic carbocycles. The van der Waals surface area contributed by atoms with Crippen molar-refractivity contribution in [1.29, 1.82) is 0 Å². The van der Waals surface area contributed by atoms with Crippen LogP contribution in [0.2, 0.25) is 0 Å². The number of aromatic amines is 1. The fourth-order valence-electron chi connectivity index (χ4n) is 3.18. The monoisotopic (exact) mass is 336 g/mol. The van der Waals surface area contributed by atoms with Crippen LogP contribution in [0.4, 0.5) is 0 Å². The second-order valence-electron chi connectivity index (χ2n) is 6.42. The number of aryl methyl sites for hydroxylation is 3. The topological polar surface area (TPSA) is 88.5 Å². The van der Waals surface area contributed by atoms with E-state index in [4.69, 9.17) is 0 Å². The number of hydrogen-bond acceptors (Lipinski definition) is 4. The lowest BCUT2D eigenvalue weighted by Gasteiger charge is -2.05. The summed E-state index contributed by atoms with van der Waals surface area (Å²) in [7, 11) is 1.88. The normalized spacial score (nSPS) is 13.0. The van der Waals surface area contributed by atoms with Gasteiger partial charge in [-0.2, -0.15) is 10.2 Å². The Morgan fingerprint density at radius 2 is 2.20 bits per heavy atom. The highest BCUT2D eigenvalue weighted by atomic mass is 16.1. The fraction of sp³-hybridized carbons (Fsp3) is 0.333. The minimum absolute atomic E-state index is 0.180. The second kappa shape index (κ2) is 6.16. The van der Waals surface area contributed by atoms with Crippen molar-refractivity contribution in [2.45, 2.75) is 32.7 Å². The number of hydrogen-bond donors (Lipinski definition) is 2. The van der Waals surface area contributed by atoms with Gasteiger partial charge in [0, 0.05) is 36.7 Å². The molecule has 4 rings (SSSR count). The molecule has 2 N–H and O–H groups in total. The minimum atomic E-state index is -0.180. The van der Waals surface area contributed by atoms with Crippen LogP contribution in [0.3, 0.4) is 0 Å². The van der Waals surface area contributed by atoms with Crippen LogP contribution >= 0.6 is 0 Å². The Kier molecular flexibility index (Phi) is 3.83. The van der Waals surface area contributed by atoms with Crippen molar-refractivity contribution < 1.29 is 4.79 Å². The van der Waals surface area contributed by atoms with Crippen molar-refractivity contribution >= 4 is 5.91 Å². The SMILES string of the molecule is Cc1c(-c2cc(C(=O)NCc3cnc4c(c3)CCC4)[nH]n2)cnn1C. The van der Waals surface area contributed by atoms with Crippen LogP contribution in [-0.2, 0) is 26.4 Å². The highest BCUT2D eigenvalue weighted by Crippen LogP contribution is 2.22. The molecule has 0 spiro atoms. The first-order valence-electron chi connectivity index (χ1n) is 8.41. The zero-order valence-electron chi connectivity index (χ0n) is 14.3. The highest BCUT2D eigenvalue weighted by Gasteiger charge is 2.15. The quantitative estimate of drug-likeness (QED) is 0.762. The molecule has 0 atom stereocenters. The zero-order chi connectivity index (χ0) is 17.4. The van der Waals surface area contributed by atoms with E-state index in [9.17, 15) is 4.79 Å². The first-order valence-corrected chi connectivity index (χ1v) is 8.41. The largest absolute Gasteiger partial charge is 0.347 e. The first-order chi connectivity index (χ1) is 12.1. The van der Waals surface area contributed by atoms with Crippen molar-refractivity contribution in [3.63, 3.8) is 0 Å². The molecule has 0 bridgehead atoms. The average molecular weight is 336 g/mol. The molecule has 0 fully saturated rings. The van der Waals surface area contributed by atoms with E-state index in [1.54, 1.807) is 16.9 Å². The van der Waals surface area contributed by atoms with Gasteiger partial charge >= 0.3 is 0 Å². The van der Waals surface area contributed by atoms with Crippen LogP contribution in [0.25, 0.3) is 11.3 Å². The van der Waals surface area contributed by atoms with E-state index in [2.05, 4.69) is 31.7 Å². The number of nitrogens with one attached hydrogen (secondary N) is 2. The fourth-order valence-corrected chi connectivity index (χ4v) is 3.18. The lowest BCUT2D eigenvalue weighted by atomic mass is 10.1. The molecule has 3 aromatic rings. The molecule has 7 heteroatoms. The van der Waals surface area contributed by atoms with Crippen LogP contribution in [0.15, 0.2) is 24.5 Å². The van der Waals surface area contributed by atoms with Gasteiger partial charge in [-0.05, 0) is 43.4 Å². The Balaban J connectivity index is 1.44. The number of carbonyl (C=O) groups excluding carboxylic acids is 1. The molecule has 0 saturated heterocycles. The molecular weight excluding hydrogens is 316 g/mol. The third-order valence-electron chi connectivity index (χ3n) is 4.76. The van der Waals surface area contributed by atoms with Crippen LogP contribution in [-0.4, -0.2) is 30.9 Å². The summed E-state index contributed by atoms with van der Waals surface area (Å²) in [5.74, 6) is -0.180. The number of amides is 1. The summed E-state index contributed by atoms with van der Waals surface area (Å²) in [4.78, 5) is 16.8. The Labute approximate surface area is 145 Å². The molecule has 1 aliphatic rings. The summed E-state index contributed by atoms with van der Waals surface area (Å²) in [5, 5.41) is 14.2. The molecule has 0 aromatic carbocycles. The smallest absolute Gasteiger partial charge is 0.269 e. The molecule has 25 heavy (non-hydrogen) atoms. The van der Waals surface area contributed by atoms with Crippen molar-refractivity contribution in [2.75, 3.05) is 0 Å². The van der Waals surface area contributed by atoms with Crippen LogP contribution < -0.4 is 5.32 Å². The Morgan fingerprint density at radius 3 is 3.00 bits per heavy atom. The van der Waals surface area contributed by atoms with Crippen molar-refractivity contribution in [2.24, 2.45) is 7.05 Å². The van der Waals surface area contributed by atoms with Crippen LogP contribution in [0.5, 0.6) is 0 Å². The maximum absolute atomic E-state index is 12.4. The Bertz CT molecular complexity index is 939. The molecule has 3 aromatic heterocycles. The summed E-state index contributed by atoms with van der Waals surface area (Å²) in [6, 6.07) is 3.90. The summed E-state index contributed by atoms with van der Waals surface area (Å²) in [6.45, 7) is 2.43. The van der Waals surface area contributed by atoms with Gasteiger partial charge in [0.05, 0.1) is 11.9 Å². The van der Waals surface area contributed by atoms with Gasteiger partial charge in [0.15, 0.2) is 0 Å². The molecule has 3 heterocycles. The molecule has 7 nitrogen and oxygen atoms in total. The Hall–Kier alpha value is -2.96. The Morgan fingerprint density at radius 1 is 1.32 bits per heavy atom. The molecule has 0 aliphatic heterocycles. The molecular formula is C18H20N6O. The van der Waals surface area contributed by atoms with Gasteiger partial charge in [0.1, 0.15) is 5.69 Å². The molecule has 128 valence electrons. The third kappa shape index (κ3) is 2.93. The lowest BCUT2D eigenvalue weighted by molar-refractivity contribution is 0.0946. The zero-order valence-corrected chi connectivity index (χ0v) is 14.3. The number of pyridine rings is 1. The maximum atomic E-state index is 12.4. The van der Waals surface area contributed by atoms with Gasteiger partial charge in [-0.15, -0.1) is 0 Å². The molecule has 0 radical (unpaired) electrons. The minimum Gasteiger partial charge on any atom is -0.347 e. The van der Waals surface area contributed by atoms with Gasteiger partial charge in [0.2, 0.25) is 0 Å². The summed E-state index contributed by atoms with van der Waals surface area (Å²) in [6.07, 6.45) is 6.92. The summed E-state index contributed by atoms with van der Waals surface area (Å²) >= 11 is 0. The van der Waals surface area contributed by atoms with E-state index in [-0.39, 0.29) is 5.91 Å². The number of nitrogens with zero attached hydrogens (tertiary/aromatic N) is 4. The predicted octanol–water partition coefficient (Wildman–Crippen LogP) is 1.93. The number of carbonyl (C=O) groups is 1. The van der Waals surface area contributed by atoms with Gasteiger partial charge in [-0.1, -0.05) is 6.07 Å². The summed E-state index contributed by atoms with van der Waals surface area (Å²) in [5.41, 5.74) is 6.60. The number of aromatic nitrogens is 5. The van der Waals surface area contributed by atoms with Crippen LogP contribution in [0, 0.1) is 6.92 Å². The van der Waals surface area contributed by atoms with Crippen molar-refractivity contribution in [3.05, 3.63) is 52.7 Å². The van der Waals surface area contributed by atoms with Gasteiger partial charge < -0.3 is 5.32 Å². The highest BCUT2D eigenvalue weighted by molar-refractivity contribution is 5.93. The number of fused-ring (bicyclic) bond motifs is 1. The lowest BCUT2D eigenvalue weighted by Crippen LogP contribution is -2.23. The standard InChI is InChI=1S/C18H20N6O/c1-11-14(10-21-24(11)2)16-7-17(23-22-16)18(25)20-9-12-6-13-4-3-5-15(13)19-8-12/h6-8,10H,3-5,9H2,1-2H3,(H,20,25)(H,22,23). The van der Waals surface area contributed by atoms with E-state index in [0.29, 0.717) is 12.2 Å². The van der Waals surface area contributed by atoms with E-state index in [1.807, 2.05) is 20.2 Å². The van der Waals surface area contributed by atoms with Crippen LogP contribution in [0.1, 0.15) is 39.4 Å². The van der Waals surface area contributed by atoms with E-state index < -0.39 is 0 Å². The summed E-state index contributed by atoms with van der Waals surface area (Å²) < 4.78 is 1.78. The van der Waals surface area contributed by atoms with Gasteiger partial charge in [-0.3, -0.25) is 19.6 Å². The molecule has 1 amide bonds. The number of H-pyrrole nitrogens is 1. The maximum Gasteiger partial charge on any atom is 0.269 e. The van der Waals surface area contributed by atoms with Crippen molar-refractivity contribution in [3.8, 4) is 11.3 Å². The third-order valence-corrected chi connectivity index (χ3v) is 4.76. The predicted molar refractivity (Wildman–Crippen MR) is 93.0 cm³/mol. The van der Waals surface area contributed by atoms with E-state index in [0.717, 1.165) is 35.4 Å². The average Bonchev–Trinajstić information content (AvgIpc) is 3.33. The van der Waals surface area contributed by atoms with Crippen molar-refractivity contribution in [1.82, 2.24) is 30.3 Å². The molecule has 0 saturated carbocycles. The second-order valence-corrected chi connectivity index (χ2v) is 6.42. The first kappa shape index (κ1) is 15.6. The molecule has 0 unspecified atom stereocenters. The van der Waals surface area contributed by atoms with Gasteiger partial charge in [-0.25, -0.2) is 0 Å². The number of rotatable bonds is 4. The van der Waals surface area contributed by atoms with E-state index >= 15 is 0 Å².